The maximum atomic E-state index is 11.1. The molecular formula is C13H12N4O2S. The highest BCUT2D eigenvalue weighted by atomic mass is 32.1. The zero-order valence-corrected chi connectivity index (χ0v) is 12.0. The maximum Gasteiger partial charge on any atom is 0.345 e. The number of hydrogen-bond acceptors (Lipinski definition) is 5. The van der Waals surface area contributed by atoms with E-state index in [4.69, 9.17) is 5.11 Å². The summed E-state index contributed by atoms with van der Waals surface area (Å²) >= 11 is 1.18. The van der Waals surface area contributed by atoms with E-state index in [0.717, 1.165) is 27.3 Å². The van der Waals surface area contributed by atoms with Crippen molar-refractivity contribution >= 4 is 27.5 Å². The van der Waals surface area contributed by atoms with Crippen molar-refractivity contribution in [2.75, 3.05) is 0 Å². The number of hydrogen-bond donors (Lipinski definition) is 1. The molecule has 102 valence electrons. The van der Waals surface area contributed by atoms with Gasteiger partial charge in [0, 0.05) is 16.8 Å². The number of aromatic nitrogens is 4. The fourth-order valence-electron chi connectivity index (χ4n) is 2.09. The van der Waals surface area contributed by atoms with Crippen molar-refractivity contribution in [3.05, 3.63) is 34.1 Å². The largest absolute Gasteiger partial charge is 0.477 e. The highest BCUT2D eigenvalue weighted by Gasteiger charge is 2.17. The quantitative estimate of drug-likeness (QED) is 0.783. The van der Waals surface area contributed by atoms with Gasteiger partial charge in [-0.05, 0) is 32.9 Å². The second-order valence-corrected chi connectivity index (χ2v) is 5.61. The molecule has 0 aliphatic rings. The number of rotatable bonds is 2. The Kier molecular flexibility index (Phi) is 2.79. The minimum atomic E-state index is -0.932. The molecule has 0 aliphatic heterocycles. The summed E-state index contributed by atoms with van der Waals surface area (Å²) in [5, 5.41) is 14.3. The molecule has 0 aliphatic carbocycles. The van der Waals surface area contributed by atoms with Crippen LogP contribution in [0.15, 0.2) is 12.1 Å². The number of carbonyl (C=O) groups is 1. The van der Waals surface area contributed by atoms with Crippen LogP contribution in [0.5, 0.6) is 0 Å². The average Bonchev–Trinajstić information content (AvgIpc) is 2.89. The molecule has 0 spiro atoms. The molecule has 0 bridgehead atoms. The fraction of sp³-hybridized carbons (Fsp3) is 0.231. The number of aromatic carboxylic acids is 1. The molecular weight excluding hydrogens is 276 g/mol. The van der Waals surface area contributed by atoms with Crippen LogP contribution in [0.25, 0.3) is 16.2 Å². The van der Waals surface area contributed by atoms with Crippen LogP contribution in [0.3, 0.4) is 0 Å². The highest BCUT2D eigenvalue weighted by Crippen LogP contribution is 2.29. The smallest absolute Gasteiger partial charge is 0.345 e. The summed E-state index contributed by atoms with van der Waals surface area (Å²) in [4.78, 5) is 20.9. The second kappa shape index (κ2) is 4.38. The van der Waals surface area contributed by atoms with E-state index in [2.05, 4.69) is 15.1 Å². The minimum absolute atomic E-state index is 0.290. The van der Waals surface area contributed by atoms with Crippen molar-refractivity contribution in [1.82, 2.24) is 19.7 Å². The van der Waals surface area contributed by atoms with Gasteiger partial charge < -0.3 is 5.11 Å². The van der Waals surface area contributed by atoms with Crippen LogP contribution in [0.1, 0.15) is 26.8 Å². The third kappa shape index (κ3) is 1.96. The molecule has 3 aromatic heterocycles. The third-order valence-corrected chi connectivity index (χ3v) is 4.01. The van der Waals surface area contributed by atoms with Gasteiger partial charge in [0.2, 0.25) is 0 Å². The zero-order chi connectivity index (χ0) is 14.4. The lowest BCUT2D eigenvalue weighted by atomic mass is 10.3. The standard InChI is InChI=1S/C13H12N4O2S/c1-6-4-7(2)15-13(14-6)17-11-9(8(3)16-17)5-10(20-11)12(18)19/h4-5H,1-3H3,(H,18,19). The molecule has 0 amide bonds. The van der Waals surface area contributed by atoms with Crippen LogP contribution in [-0.4, -0.2) is 30.8 Å². The Labute approximate surface area is 118 Å². The maximum absolute atomic E-state index is 11.1. The fourth-order valence-corrected chi connectivity index (χ4v) is 3.09. The molecule has 3 aromatic rings. The Balaban J connectivity index is 2.27. The molecule has 0 fully saturated rings. The lowest BCUT2D eigenvalue weighted by molar-refractivity contribution is 0.0702. The molecule has 6 nitrogen and oxygen atoms in total. The molecule has 7 heteroatoms. The van der Waals surface area contributed by atoms with Crippen LogP contribution in [-0.2, 0) is 0 Å². The summed E-state index contributed by atoms with van der Waals surface area (Å²) in [6, 6.07) is 3.53. The number of carboxylic acid groups (broad SMARTS) is 1. The van der Waals surface area contributed by atoms with E-state index < -0.39 is 5.97 Å². The van der Waals surface area contributed by atoms with Crippen molar-refractivity contribution in [3.8, 4) is 5.95 Å². The van der Waals surface area contributed by atoms with E-state index in [1.807, 2.05) is 26.8 Å². The van der Waals surface area contributed by atoms with E-state index in [-0.39, 0.29) is 0 Å². The van der Waals surface area contributed by atoms with E-state index in [1.165, 1.54) is 11.3 Å². The van der Waals surface area contributed by atoms with Crippen molar-refractivity contribution in [2.24, 2.45) is 0 Å². The van der Waals surface area contributed by atoms with Crippen molar-refractivity contribution in [3.63, 3.8) is 0 Å². The minimum Gasteiger partial charge on any atom is -0.477 e. The molecule has 0 saturated heterocycles. The topological polar surface area (TPSA) is 80.9 Å². The van der Waals surface area contributed by atoms with Gasteiger partial charge in [0.1, 0.15) is 9.71 Å². The van der Waals surface area contributed by atoms with Crippen molar-refractivity contribution in [2.45, 2.75) is 20.8 Å². The summed E-state index contributed by atoms with van der Waals surface area (Å²) in [7, 11) is 0. The van der Waals surface area contributed by atoms with E-state index in [9.17, 15) is 4.79 Å². The van der Waals surface area contributed by atoms with Crippen LogP contribution in [0.2, 0.25) is 0 Å². The molecule has 0 aromatic carbocycles. The number of thiophene rings is 1. The molecule has 0 atom stereocenters. The van der Waals surface area contributed by atoms with Crippen molar-refractivity contribution in [1.29, 1.82) is 0 Å². The Morgan fingerprint density at radius 3 is 2.45 bits per heavy atom. The molecule has 0 radical (unpaired) electrons. The molecule has 0 saturated carbocycles. The van der Waals surface area contributed by atoms with Gasteiger partial charge in [-0.2, -0.15) is 9.78 Å². The monoisotopic (exact) mass is 288 g/mol. The van der Waals surface area contributed by atoms with E-state index in [0.29, 0.717) is 10.8 Å². The van der Waals surface area contributed by atoms with Crippen LogP contribution >= 0.6 is 11.3 Å². The van der Waals surface area contributed by atoms with Gasteiger partial charge in [0.15, 0.2) is 0 Å². The predicted molar refractivity (Wildman–Crippen MR) is 75.7 cm³/mol. The number of nitrogens with zero attached hydrogens (tertiary/aromatic N) is 4. The second-order valence-electron chi connectivity index (χ2n) is 4.58. The number of carboxylic acids is 1. The predicted octanol–water partition coefficient (Wildman–Crippen LogP) is 2.50. The van der Waals surface area contributed by atoms with E-state index in [1.54, 1.807) is 10.7 Å². The van der Waals surface area contributed by atoms with Crippen LogP contribution in [0.4, 0.5) is 0 Å². The Morgan fingerprint density at radius 1 is 1.20 bits per heavy atom. The first-order valence-electron chi connectivity index (χ1n) is 6.01. The van der Waals surface area contributed by atoms with Gasteiger partial charge in [0.05, 0.1) is 5.69 Å². The summed E-state index contributed by atoms with van der Waals surface area (Å²) in [5.41, 5.74) is 2.47. The Bertz CT molecular complexity index is 814. The van der Waals surface area contributed by atoms with Gasteiger partial charge in [-0.15, -0.1) is 11.3 Å². The summed E-state index contributed by atoms with van der Waals surface area (Å²) in [6.45, 7) is 5.63. The first-order chi connectivity index (χ1) is 9.45. The van der Waals surface area contributed by atoms with Gasteiger partial charge >= 0.3 is 5.97 Å². The molecule has 0 unspecified atom stereocenters. The molecule has 1 N–H and O–H groups in total. The van der Waals surface area contributed by atoms with Gasteiger partial charge in [-0.25, -0.2) is 14.8 Å². The number of aryl methyl sites for hydroxylation is 3. The highest BCUT2D eigenvalue weighted by molar-refractivity contribution is 7.20. The van der Waals surface area contributed by atoms with Gasteiger partial charge in [-0.3, -0.25) is 0 Å². The van der Waals surface area contributed by atoms with Crippen molar-refractivity contribution < 1.29 is 9.90 Å². The summed E-state index contributed by atoms with van der Waals surface area (Å²) < 4.78 is 1.61. The first-order valence-corrected chi connectivity index (χ1v) is 6.82. The molecule has 20 heavy (non-hydrogen) atoms. The lowest BCUT2D eigenvalue weighted by Crippen LogP contribution is -2.05. The third-order valence-electron chi connectivity index (χ3n) is 2.92. The van der Waals surface area contributed by atoms with E-state index >= 15 is 0 Å². The molecule has 3 rings (SSSR count). The van der Waals surface area contributed by atoms with Gasteiger partial charge in [0.25, 0.3) is 5.95 Å². The summed E-state index contributed by atoms with van der Waals surface area (Å²) in [6.07, 6.45) is 0. The Hall–Kier alpha value is -2.28. The number of fused-ring (bicyclic) bond motifs is 1. The Morgan fingerprint density at radius 2 is 1.85 bits per heavy atom. The molecule has 3 heterocycles. The summed E-state index contributed by atoms with van der Waals surface area (Å²) in [5.74, 6) is -0.460. The van der Waals surface area contributed by atoms with Crippen LogP contribution in [0, 0.1) is 20.8 Å². The average molecular weight is 288 g/mol. The SMILES string of the molecule is Cc1cc(C)nc(-n2nc(C)c3cc(C(=O)O)sc32)n1. The zero-order valence-electron chi connectivity index (χ0n) is 11.2. The van der Waals surface area contributed by atoms with Gasteiger partial charge in [-0.1, -0.05) is 0 Å². The normalized spacial score (nSPS) is 11.2. The van der Waals surface area contributed by atoms with Crippen LogP contribution < -0.4 is 0 Å². The lowest BCUT2D eigenvalue weighted by Gasteiger charge is -2.03. The first kappa shape index (κ1) is 12.7.